The second-order valence-electron chi connectivity index (χ2n) is 7.90. The first-order valence-electron chi connectivity index (χ1n) is 9.84. The third-order valence-corrected chi connectivity index (χ3v) is 6.41. The molecule has 5 heteroatoms. The molecule has 0 atom stereocenters. The van der Waals surface area contributed by atoms with Gasteiger partial charge in [0, 0.05) is 54.1 Å². The zero-order chi connectivity index (χ0) is 18.7. The van der Waals surface area contributed by atoms with Gasteiger partial charge in [-0.3, -0.25) is 9.78 Å². The highest BCUT2D eigenvalue weighted by Crippen LogP contribution is 2.44. The smallest absolute Gasteiger partial charge is 0.251 e. The zero-order valence-corrected chi connectivity index (χ0v) is 16.3. The lowest BCUT2D eigenvalue weighted by molar-refractivity contribution is 0.0870. The fourth-order valence-corrected chi connectivity index (χ4v) is 4.51. The molecule has 1 saturated heterocycles. The number of nitrogens with one attached hydrogen (secondary N) is 1. The van der Waals surface area contributed by atoms with E-state index in [4.69, 9.17) is 11.6 Å². The van der Waals surface area contributed by atoms with E-state index in [2.05, 4.69) is 27.3 Å². The first-order valence-corrected chi connectivity index (χ1v) is 10.2. The predicted molar refractivity (Wildman–Crippen MR) is 108 cm³/mol. The lowest BCUT2D eigenvalue weighted by Gasteiger charge is -2.47. The molecule has 0 bridgehead atoms. The Morgan fingerprint density at radius 2 is 1.78 bits per heavy atom. The Morgan fingerprint density at radius 3 is 2.37 bits per heavy atom. The minimum atomic E-state index is 0.00692. The maximum atomic E-state index is 12.3. The zero-order valence-electron chi connectivity index (χ0n) is 15.5. The number of amides is 1. The first kappa shape index (κ1) is 18.5. The molecule has 2 heterocycles. The van der Waals surface area contributed by atoms with Gasteiger partial charge in [-0.2, -0.15) is 0 Å². The standard InChI is InChI=1S/C22H26ClN3O/c23-19-4-2-18(3-5-19)22(10-1-11-22)16-26-14-8-20(9-15-26)25-21(27)17-6-12-24-13-7-17/h2-7,12-13,20H,1,8-11,14-16H2,(H,25,27). The number of carbonyl (C=O) groups is 1. The molecule has 1 aromatic carbocycles. The van der Waals surface area contributed by atoms with Crippen molar-refractivity contribution >= 4 is 17.5 Å². The van der Waals surface area contributed by atoms with E-state index in [1.165, 1.54) is 24.8 Å². The summed E-state index contributed by atoms with van der Waals surface area (Å²) >= 11 is 6.07. The highest BCUT2D eigenvalue weighted by atomic mass is 35.5. The van der Waals surface area contributed by atoms with Gasteiger partial charge in [-0.05, 0) is 55.5 Å². The Labute approximate surface area is 165 Å². The van der Waals surface area contributed by atoms with Crippen LogP contribution in [0.3, 0.4) is 0 Å². The Morgan fingerprint density at radius 1 is 1.11 bits per heavy atom. The summed E-state index contributed by atoms with van der Waals surface area (Å²) in [6.45, 7) is 3.19. The van der Waals surface area contributed by atoms with Crippen LogP contribution >= 0.6 is 11.6 Å². The van der Waals surface area contributed by atoms with Crippen LogP contribution in [0.4, 0.5) is 0 Å². The predicted octanol–water partition coefficient (Wildman–Crippen LogP) is 4.05. The largest absolute Gasteiger partial charge is 0.349 e. The van der Waals surface area contributed by atoms with E-state index in [0.29, 0.717) is 5.56 Å². The molecule has 0 radical (unpaired) electrons. The number of likely N-dealkylation sites (tertiary alicyclic amines) is 1. The number of piperidine rings is 1. The number of hydrogen-bond acceptors (Lipinski definition) is 3. The average Bonchev–Trinajstić information content (AvgIpc) is 2.67. The van der Waals surface area contributed by atoms with Gasteiger partial charge in [0.15, 0.2) is 0 Å². The third kappa shape index (κ3) is 4.17. The monoisotopic (exact) mass is 383 g/mol. The van der Waals surface area contributed by atoms with E-state index < -0.39 is 0 Å². The highest BCUT2D eigenvalue weighted by Gasteiger charge is 2.40. The molecule has 0 unspecified atom stereocenters. The van der Waals surface area contributed by atoms with Gasteiger partial charge >= 0.3 is 0 Å². The minimum absolute atomic E-state index is 0.00692. The van der Waals surface area contributed by atoms with E-state index in [1.807, 2.05) is 12.1 Å². The van der Waals surface area contributed by atoms with Crippen LogP contribution in [0.5, 0.6) is 0 Å². The van der Waals surface area contributed by atoms with Crippen LogP contribution in [0.1, 0.15) is 48.0 Å². The number of rotatable bonds is 5. The normalized spacial score (nSPS) is 20.0. The number of hydrogen-bond donors (Lipinski definition) is 1. The average molecular weight is 384 g/mol. The topological polar surface area (TPSA) is 45.2 Å². The fraction of sp³-hybridized carbons (Fsp3) is 0.455. The highest BCUT2D eigenvalue weighted by molar-refractivity contribution is 6.30. The number of aromatic nitrogens is 1. The van der Waals surface area contributed by atoms with Crippen molar-refractivity contribution in [1.29, 1.82) is 0 Å². The van der Waals surface area contributed by atoms with Crippen molar-refractivity contribution in [3.05, 3.63) is 64.9 Å². The van der Waals surface area contributed by atoms with Crippen molar-refractivity contribution in [2.24, 2.45) is 0 Å². The maximum absolute atomic E-state index is 12.3. The molecule has 2 aromatic rings. The second-order valence-corrected chi connectivity index (χ2v) is 8.34. The van der Waals surface area contributed by atoms with Crippen molar-refractivity contribution in [3.8, 4) is 0 Å². The lowest BCUT2D eigenvalue weighted by Crippen LogP contribution is -2.51. The molecule has 1 aromatic heterocycles. The summed E-state index contributed by atoms with van der Waals surface area (Å²) in [7, 11) is 0. The van der Waals surface area contributed by atoms with Crippen LogP contribution < -0.4 is 5.32 Å². The SMILES string of the molecule is O=C(NC1CCN(CC2(c3ccc(Cl)cc3)CCC2)CC1)c1ccncc1. The summed E-state index contributed by atoms with van der Waals surface area (Å²) in [4.78, 5) is 18.9. The molecule has 27 heavy (non-hydrogen) atoms. The molecule has 4 nitrogen and oxygen atoms in total. The molecular weight excluding hydrogens is 358 g/mol. The van der Waals surface area contributed by atoms with E-state index in [9.17, 15) is 4.79 Å². The summed E-state index contributed by atoms with van der Waals surface area (Å²) in [6, 6.07) is 12.2. The summed E-state index contributed by atoms with van der Waals surface area (Å²) in [5.41, 5.74) is 2.40. The summed E-state index contributed by atoms with van der Waals surface area (Å²) < 4.78 is 0. The Kier molecular flexibility index (Phi) is 5.46. The lowest BCUT2D eigenvalue weighted by atomic mass is 9.64. The molecule has 2 aliphatic rings. The quantitative estimate of drug-likeness (QED) is 0.847. The molecule has 142 valence electrons. The van der Waals surface area contributed by atoms with Crippen LogP contribution in [0.2, 0.25) is 5.02 Å². The van der Waals surface area contributed by atoms with Crippen molar-refractivity contribution in [1.82, 2.24) is 15.2 Å². The number of pyridine rings is 1. The number of benzene rings is 1. The van der Waals surface area contributed by atoms with Crippen LogP contribution in [0, 0.1) is 0 Å². The van der Waals surface area contributed by atoms with E-state index >= 15 is 0 Å². The third-order valence-electron chi connectivity index (χ3n) is 6.16. The van der Waals surface area contributed by atoms with Gasteiger partial charge in [-0.25, -0.2) is 0 Å². The van der Waals surface area contributed by atoms with E-state index in [0.717, 1.165) is 37.5 Å². The van der Waals surface area contributed by atoms with Gasteiger partial charge in [0.1, 0.15) is 0 Å². The van der Waals surface area contributed by atoms with Crippen LogP contribution in [0.25, 0.3) is 0 Å². The van der Waals surface area contributed by atoms with Gasteiger partial charge in [0.05, 0.1) is 0 Å². The van der Waals surface area contributed by atoms with E-state index in [1.54, 1.807) is 24.5 Å². The number of nitrogens with zero attached hydrogens (tertiary/aromatic N) is 2. The molecule has 2 fully saturated rings. The van der Waals surface area contributed by atoms with Gasteiger partial charge < -0.3 is 10.2 Å². The molecule has 1 N–H and O–H groups in total. The minimum Gasteiger partial charge on any atom is -0.349 e. The van der Waals surface area contributed by atoms with Crippen LogP contribution in [-0.2, 0) is 5.41 Å². The molecule has 1 saturated carbocycles. The molecule has 1 amide bonds. The molecule has 0 spiro atoms. The number of halogens is 1. The van der Waals surface area contributed by atoms with Gasteiger partial charge in [-0.1, -0.05) is 30.2 Å². The number of carbonyl (C=O) groups excluding carboxylic acids is 1. The van der Waals surface area contributed by atoms with Crippen LogP contribution in [-0.4, -0.2) is 41.5 Å². The molecule has 1 aliphatic heterocycles. The van der Waals surface area contributed by atoms with E-state index in [-0.39, 0.29) is 17.4 Å². The maximum Gasteiger partial charge on any atom is 0.251 e. The second kappa shape index (κ2) is 7.99. The Hall–Kier alpha value is -1.91. The fourth-order valence-electron chi connectivity index (χ4n) is 4.38. The summed E-state index contributed by atoms with van der Waals surface area (Å²) in [5, 5.41) is 3.98. The van der Waals surface area contributed by atoms with Crippen molar-refractivity contribution in [2.75, 3.05) is 19.6 Å². The van der Waals surface area contributed by atoms with Crippen molar-refractivity contribution in [2.45, 2.75) is 43.6 Å². The summed E-state index contributed by atoms with van der Waals surface area (Å²) in [5.74, 6) is 0.00692. The van der Waals surface area contributed by atoms with Gasteiger partial charge in [0.25, 0.3) is 5.91 Å². The Balaban J connectivity index is 1.31. The van der Waals surface area contributed by atoms with Crippen LogP contribution in [0.15, 0.2) is 48.8 Å². The van der Waals surface area contributed by atoms with Crippen molar-refractivity contribution in [3.63, 3.8) is 0 Å². The van der Waals surface area contributed by atoms with Gasteiger partial charge in [-0.15, -0.1) is 0 Å². The molecule has 4 rings (SSSR count). The first-order chi connectivity index (χ1) is 13.1. The molecule has 1 aliphatic carbocycles. The molecular formula is C22H26ClN3O. The van der Waals surface area contributed by atoms with Gasteiger partial charge in [0.2, 0.25) is 0 Å². The summed E-state index contributed by atoms with van der Waals surface area (Å²) in [6.07, 6.45) is 9.15. The Bertz CT molecular complexity index is 766. The van der Waals surface area contributed by atoms with Crippen molar-refractivity contribution < 1.29 is 4.79 Å².